The number of aryl methyl sites for hydroxylation is 2. The van der Waals surface area contributed by atoms with E-state index >= 15 is 0 Å². The van der Waals surface area contributed by atoms with Gasteiger partial charge in [-0.15, -0.1) is 11.6 Å². The van der Waals surface area contributed by atoms with E-state index in [4.69, 9.17) is 16.6 Å². The van der Waals surface area contributed by atoms with Gasteiger partial charge < -0.3 is 9.88 Å². The average Bonchev–Trinajstić information content (AvgIpc) is 2.96. The second-order valence-electron chi connectivity index (χ2n) is 5.32. The summed E-state index contributed by atoms with van der Waals surface area (Å²) in [5.41, 5.74) is 3.38. The van der Waals surface area contributed by atoms with Crippen molar-refractivity contribution >= 4 is 28.5 Å². The standard InChI is InChI=1S/C15H18ClN3O/c1-10-3-2-4-12-15(10)19(13(18-12)7-8-16)9-11-5-6-14(20)17-11/h2-4,11H,5-9H2,1H3,(H,17,20). The molecule has 106 valence electrons. The molecular formula is C15H18ClN3O. The monoisotopic (exact) mass is 291 g/mol. The number of alkyl halides is 1. The fourth-order valence-electron chi connectivity index (χ4n) is 2.92. The van der Waals surface area contributed by atoms with Crippen LogP contribution in [0.15, 0.2) is 18.2 Å². The van der Waals surface area contributed by atoms with Gasteiger partial charge in [-0.3, -0.25) is 4.79 Å². The Balaban J connectivity index is 2.01. The highest BCUT2D eigenvalue weighted by atomic mass is 35.5. The van der Waals surface area contributed by atoms with Crippen LogP contribution in [-0.2, 0) is 17.8 Å². The fourth-order valence-corrected chi connectivity index (χ4v) is 3.09. The summed E-state index contributed by atoms with van der Waals surface area (Å²) in [7, 11) is 0. The molecule has 1 unspecified atom stereocenters. The molecule has 2 heterocycles. The summed E-state index contributed by atoms with van der Waals surface area (Å²) < 4.78 is 2.23. The van der Waals surface area contributed by atoms with Crippen LogP contribution in [0, 0.1) is 6.92 Å². The van der Waals surface area contributed by atoms with Crippen molar-refractivity contribution in [1.82, 2.24) is 14.9 Å². The lowest BCUT2D eigenvalue weighted by molar-refractivity contribution is -0.119. The third-order valence-electron chi connectivity index (χ3n) is 3.85. The van der Waals surface area contributed by atoms with E-state index in [1.165, 1.54) is 5.56 Å². The van der Waals surface area contributed by atoms with E-state index in [2.05, 4.69) is 22.9 Å². The lowest BCUT2D eigenvalue weighted by Gasteiger charge is -2.15. The van der Waals surface area contributed by atoms with E-state index in [0.717, 1.165) is 36.2 Å². The number of aromatic nitrogens is 2. The Bertz CT molecular complexity index is 650. The van der Waals surface area contributed by atoms with Crippen LogP contribution in [0.4, 0.5) is 0 Å². The molecule has 1 aliphatic heterocycles. The number of amides is 1. The highest BCUT2D eigenvalue weighted by Gasteiger charge is 2.23. The third kappa shape index (κ3) is 2.40. The number of benzene rings is 1. The van der Waals surface area contributed by atoms with E-state index in [0.29, 0.717) is 12.3 Å². The molecule has 1 aromatic carbocycles. The van der Waals surface area contributed by atoms with Crippen molar-refractivity contribution in [3.05, 3.63) is 29.6 Å². The molecule has 0 radical (unpaired) electrons. The highest BCUT2D eigenvalue weighted by Crippen LogP contribution is 2.22. The predicted octanol–water partition coefficient (Wildman–Crippen LogP) is 2.40. The Morgan fingerprint density at radius 2 is 2.35 bits per heavy atom. The average molecular weight is 292 g/mol. The van der Waals surface area contributed by atoms with Crippen LogP contribution >= 0.6 is 11.6 Å². The Kier molecular flexibility index (Phi) is 3.66. The van der Waals surface area contributed by atoms with Gasteiger partial charge in [-0.2, -0.15) is 0 Å². The van der Waals surface area contributed by atoms with Crippen LogP contribution in [0.5, 0.6) is 0 Å². The van der Waals surface area contributed by atoms with Crippen molar-refractivity contribution < 1.29 is 4.79 Å². The lowest BCUT2D eigenvalue weighted by Crippen LogP contribution is -2.30. The molecule has 1 aliphatic rings. The first-order chi connectivity index (χ1) is 9.69. The number of hydrogen-bond donors (Lipinski definition) is 1. The van der Waals surface area contributed by atoms with Crippen molar-refractivity contribution in [2.75, 3.05) is 5.88 Å². The van der Waals surface area contributed by atoms with Crippen LogP contribution < -0.4 is 5.32 Å². The molecule has 1 amide bonds. The van der Waals surface area contributed by atoms with Gasteiger partial charge >= 0.3 is 0 Å². The summed E-state index contributed by atoms with van der Waals surface area (Å²) >= 11 is 5.89. The van der Waals surface area contributed by atoms with E-state index in [1.807, 2.05) is 12.1 Å². The Labute approximate surface area is 123 Å². The molecule has 1 aromatic heterocycles. The largest absolute Gasteiger partial charge is 0.352 e. The maximum absolute atomic E-state index is 11.4. The zero-order valence-electron chi connectivity index (χ0n) is 11.5. The Morgan fingerprint density at radius 1 is 1.50 bits per heavy atom. The SMILES string of the molecule is Cc1cccc2nc(CCCl)n(CC3CCC(=O)N3)c12. The van der Waals surface area contributed by atoms with Gasteiger partial charge in [-0.25, -0.2) is 4.98 Å². The maximum Gasteiger partial charge on any atom is 0.220 e. The first-order valence-corrected chi connectivity index (χ1v) is 7.52. The molecule has 0 saturated carbocycles. The number of rotatable bonds is 4. The first kappa shape index (κ1) is 13.4. The minimum absolute atomic E-state index is 0.148. The summed E-state index contributed by atoms with van der Waals surface area (Å²) in [5, 5.41) is 3.03. The number of nitrogens with one attached hydrogen (secondary N) is 1. The second kappa shape index (κ2) is 5.44. The number of nitrogens with zero attached hydrogens (tertiary/aromatic N) is 2. The van der Waals surface area contributed by atoms with Gasteiger partial charge in [0.05, 0.1) is 11.0 Å². The Hall–Kier alpha value is -1.55. The number of fused-ring (bicyclic) bond motifs is 1. The van der Waals surface area contributed by atoms with Gasteiger partial charge in [0.15, 0.2) is 0 Å². The smallest absolute Gasteiger partial charge is 0.220 e. The number of imidazole rings is 1. The number of carbonyl (C=O) groups is 1. The second-order valence-corrected chi connectivity index (χ2v) is 5.70. The van der Waals surface area contributed by atoms with E-state index in [9.17, 15) is 4.79 Å². The van der Waals surface area contributed by atoms with Gasteiger partial charge in [-0.05, 0) is 25.0 Å². The highest BCUT2D eigenvalue weighted by molar-refractivity contribution is 6.17. The molecule has 5 heteroatoms. The van der Waals surface area contributed by atoms with Crippen LogP contribution in [0.3, 0.4) is 0 Å². The van der Waals surface area contributed by atoms with Gasteiger partial charge in [0, 0.05) is 31.3 Å². The lowest BCUT2D eigenvalue weighted by atomic mass is 10.2. The third-order valence-corrected chi connectivity index (χ3v) is 4.04. The molecule has 20 heavy (non-hydrogen) atoms. The van der Waals surface area contributed by atoms with Crippen molar-refractivity contribution in [3.8, 4) is 0 Å². The molecular weight excluding hydrogens is 274 g/mol. The molecule has 0 bridgehead atoms. The van der Waals surface area contributed by atoms with Crippen LogP contribution in [0.2, 0.25) is 0 Å². The van der Waals surface area contributed by atoms with Crippen LogP contribution in [0.25, 0.3) is 11.0 Å². The van der Waals surface area contributed by atoms with Crippen molar-refractivity contribution in [2.45, 2.75) is 38.8 Å². The molecule has 2 aromatic rings. The summed E-state index contributed by atoms with van der Waals surface area (Å²) in [6.45, 7) is 2.87. The van der Waals surface area contributed by atoms with Gasteiger partial charge in [0.1, 0.15) is 5.82 Å². The molecule has 1 atom stereocenters. The van der Waals surface area contributed by atoms with Crippen LogP contribution in [-0.4, -0.2) is 27.4 Å². The predicted molar refractivity (Wildman–Crippen MR) is 80.1 cm³/mol. The molecule has 1 fully saturated rings. The van der Waals surface area contributed by atoms with Gasteiger partial charge in [0.25, 0.3) is 0 Å². The number of para-hydroxylation sites is 1. The molecule has 0 aliphatic carbocycles. The molecule has 4 nitrogen and oxygen atoms in total. The van der Waals surface area contributed by atoms with Crippen LogP contribution in [0.1, 0.15) is 24.2 Å². The number of hydrogen-bond acceptors (Lipinski definition) is 2. The number of carbonyl (C=O) groups excluding carboxylic acids is 1. The zero-order valence-corrected chi connectivity index (χ0v) is 12.3. The minimum Gasteiger partial charge on any atom is -0.352 e. The summed E-state index contributed by atoms with van der Waals surface area (Å²) in [5.74, 6) is 1.71. The zero-order chi connectivity index (χ0) is 14.1. The number of halogens is 1. The summed E-state index contributed by atoms with van der Waals surface area (Å²) in [6.07, 6.45) is 2.27. The maximum atomic E-state index is 11.4. The molecule has 1 N–H and O–H groups in total. The normalized spacial score (nSPS) is 18.7. The van der Waals surface area contributed by atoms with Gasteiger partial charge in [-0.1, -0.05) is 12.1 Å². The van der Waals surface area contributed by atoms with E-state index in [-0.39, 0.29) is 11.9 Å². The fraction of sp³-hybridized carbons (Fsp3) is 0.467. The quantitative estimate of drug-likeness (QED) is 0.879. The molecule has 1 saturated heterocycles. The summed E-state index contributed by atoms with van der Waals surface area (Å²) in [4.78, 5) is 16.1. The van der Waals surface area contributed by atoms with Crippen molar-refractivity contribution in [3.63, 3.8) is 0 Å². The Morgan fingerprint density at radius 3 is 3.05 bits per heavy atom. The summed E-state index contributed by atoms with van der Waals surface area (Å²) in [6, 6.07) is 6.35. The van der Waals surface area contributed by atoms with E-state index < -0.39 is 0 Å². The topological polar surface area (TPSA) is 46.9 Å². The van der Waals surface area contributed by atoms with Gasteiger partial charge in [0.2, 0.25) is 5.91 Å². The first-order valence-electron chi connectivity index (χ1n) is 6.99. The van der Waals surface area contributed by atoms with Crippen molar-refractivity contribution in [1.29, 1.82) is 0 Å². The van der Waals surface area contributed by atoms with Crippen molar-refractivity contribution in [2.24, 2.45) is 0 Å². The minimum atomic E-state index is 0.148. The molecule has 0 spiro atoms. The van der Waals surface area contributed by atoms with E-state index in [1.54, 1.807) is 0 Å². The molecule has 3 rings (SSSR count).